The van der Waals surface area contributed by atoms with Gasteiger partial charge in [0.05, 0.1) is 0 Å². The molecule has 2 aromatic rings. The fourth-order valence-corrected chi connectivity index (χ4v) is 2.14. The molecule has 1 heteroatoms. The zero-order valence-corrected chi connectivity index (χ0v) is 10.9. The van der Waals surface area contributed by atoms with Crippen LogP contribution in [0.4, 0.5) is 0 Å². The number of rotatable bonds is 4. The largest absolute Gasteiger partial charge is 0.289 e. The van der Waals surface area contributed by atoms with Crippen molar-refractivity contribution in [2.75, 3.05) is 0 Å². The standard InChI is InChI=1S/C17H18O/c1-3-7-14-9-6-10-15(12-14)17(18)16-11-5-4-8-13(16)2/h4-6,8-12H,3,7H2,1-2H3. The number of hydrogen-bond donors (Lipinski definition) is 0. The molecule has 0 bridgehead atoms. The number of benzene rings is 2. The molecule has 0 unspecified atom stereocenters. The summed E-state index contributed by atoms with van der Waals surface area (Å²) in [6.45, 7) is 4.12. The summed E-state index contributed by atoms with van der Waals surface area (Å²) in [6.07, 6.45) is 2.12. The average Bonchev–Trinajstić information content (AvgIpc) is 2.39. The van der Waals surface area contributed by atoms with Gasteiger partial charge >= 0.3 is 0 Å². The summed E-state index contributed by atoms with van der Waals surface area (Å²) in [5.41, 5.74) is 3.85. The Morgan fingerprint density at radius 1 is 1.06 bits per heavy atom. The zero-order valence-electron chi connectivity index (χ0n) is 10.9. The van der Waals surface area contributed by atoms with E-state index in [4.69, 9.17) is 0 Å². The predicted octanol–water partition coefficient (Wildman–Crippen LogP) is 4.18. The van der Waals surface area contributed by atoms with Crippen LogP contribution in [0.25, 0.3) is 0 Å². The van der Waals surface area contributed by atoms with Gasteiger partial charge in [0.25, 0.3) is 0 Å². The fourth-order valence-electron chi connectivity index (χ4n) is 2.14. The minimum absolute atomic E-state index is 0.117. The van der Waals surface area contributed by atoms with Gasteiger partial charge in [-0.3, -0.25) is 4.79 Å². The average molecular weight is 238 g/mol. The highest BCUT2D eigenvalue weighted by Crippen LogP contribution is 2.15. The maximum atomic E-state index is 12.4. The van der Waals surface area contributed by atoms with Crippen molar-refractivity contribution in [1.29, 1.82) is 0 Å². The molecule has 0 atom stereocenters. The van der Waals surface area contributed by atoms with Crippen molar-refractivity contribution in [3.63, 3.8) is 0 Å². The Kier molecular flexibility index (Phi) is 3.93. The van der Waals surface area contributed by atoms with Crippen molar-refractivity contribution >= 4 is 5.78 Å². The third kappa shape index (κ3) is 2.67. The van der Waals surface area contributed by atoms with E-state index in [1.807, 2.05) is 49.4 Å². The topological polar surface area (TPSA) is 17.1 Å². The molecule has 1 nitrogen and oxygen atoms in total. The molecule has 0 radical (unpaired) electrons. The molecule has 0 N–H and O–H groups in total. The molecule has 2 aromatic carbocycles. The summed E-state index contributed by atoms with van der Waals surface area (Å²) in [5.74, 6) is 0.117. The summed E-state index contributed by atoms with van der Waals surface area (Å²) >= 11 is 0. The monoisotopic (exact) mass is 238 g/mol. The summed E-state index contributed by atoms with van der Waals surface area (Å²) in [7, 11) is 0. The van der Waals surface area contributed by atoms with Crippen LogP contribution >= 0.6 is 0 Å². The smallest absolute Gasteiger partial charge is 0.193 e. The van der Waals surface area contributed by atoms with Gasteiger partial charge in [-0.05, 0) is 30.5 Å². The number of aryl methyl sites for hydroxylation is 2. The van der Waals surface area contributed by atoms with Gasteiger partial charge in [0.1, 0.15) is 0 Å². The first-order chi connectivity index (χ1) is 8.72. The molecule has 2 rings (SSSR count). The van der Waals surface area contributed by atoms with Crippen molar-refractivity contribution in [3.05, 3.63) is 70.8 Å². The molecular formula is C17H18O. The highest BCUT2D eigenvalue weighted by atomic mass is 16.1. The van der Waals surface area contributed by atoms with Gasteiger partial charge < -0.3 is 0 Å². The second-order valence-corrected chi connectivity index (χ2v) is 4.59. The van der Waals surface area contributed by atoms with Crippen LogP contribution in [0, 0.1) is 6.92 Å². The Hall–Kier alpha value is -1.89. The number of hydrogen-bond acceptors (Lipinski definition) is 1. The second kappa shape index (κ2) is 5.63. The van der Waals surface area contributed by atoms with Crippen LogP contribution in [0.2, 0.25) is 0 Å². The van der Waals surface area contributed by atoms with E-state index in [-0.39, 0.29) is 5.78 Å². The van der Waals surface area contributed by atoms with Crippen LogP contribution < -0.4 is 0 Å². The molecule has 0 saturated carbocycles. The first-order valence-electron chi connectivity index (χ1n) is 6.41. The van der Waals surface area contributed by atoms with Crippen molar-refractivity contribution in [3.8, 4) is 0 Å². The van der Waals surface area contributed by atoms with Crippen LogP contribution in [-0.2, 0) is 6.42 Å². The van der Waals surface area contributed by atoms with E-state index in [1.165, 1.54) is 5.56 Å². The molecule has 0 amide bonds. The van der Waals surface area contributed by atoms with Crippen molar-refractivity contribution in [1.82, 2.24) is 0 Å². The summed E-state index contributed by atoms with van der Waals surface area (Å²) in [5, 5.41) is 0. The summed E-state index contributed by atoms with van der Waals surface area (Å²) in [4.78, 5) is 12.4. The molecule has 92 valence electrons. The Labute approximate surface area is 108 Å². The Morgan fingerprint density at radius 3 is 2.56 bits per heavy atom. The van der Waals surface area contributed by atoms with Crippen LogP contribution in [-0.4, -0.2) is 5.78 Å². The Morgan fingerprint density at radius 2 is 1.83 bits per heavy atom. The van der Waals surface area contributed by atoms with Crippen LogP contribution in [0.3, 0.4) is 0 Å². The Bertz CT molecular complexity index is 555. The van der Waals surface area contributed by atoms with Gasteiger partial charge in [0, 0.05) is 11.1 Å². The van der Waals surface area contributed by atoms with E-state index in [9.17, 15) is 4.79 Å². The van der Waals surface area contributed by atoms with Crippen molar-refractivity contribution in [2.45, 2.75) is 26.7 Å². The fraction of sp³-hybridized carbons (Fsp3) is 0.235. The second-order valence-electron chi connectivity index (χ2n) is 4.59. The third-order valence-electron chi connectivity index (χ3n) is 3.12. The molecule has 0 spiro atoms. The lowest BCUT2D eigenvalue weighted by Crippen LogP contribution is -2.04. The molecule has 0 aliphatic heterocycles. The lowest BCUT2D eigenvalue weighted by molar-refractivity contribution is 0.103. The maximum Gasteiger partial charge on any atom is 0.193 e. The normalized spacial score (nSPS) is 10.3. The SMILES string of the molecule is CCCc1cccc(C(=O)c2ccccc2C)c1. The number of ketones is 1. The molecule has 0 aliphatic carbocycles. The molecular weight excluding hydrogens is 220 g/mol. The molecule has 0 aliphatic rings. The summed E-state index contributed by atoms with van der Waals surface area (Å²) in [6, 6.07) is 15.7. The Balaban J connectivity index is 2.34. The van der Waals surface area contributed by atoms with E-state index >= 15 is 0 Å². The van der Waals surface area contributed by atoms with Gasteiger partial charge in [-0.25, -0.2) is 0 Å². The van der Waals surface area contributed by atoms with E-state index in [2.05, 4.69) is 13.0 Å². The summed E-state index contributed by atoms with van der Waals surface area (Å²) < 4.78 is 0. The first kappa shape index (κ1) is 12.6. The van der Waals surface area contributed by atoms with Crippen molar-refractivity contribution < 1.29 is 4.79 Å². The van der Waals surface area contributed by atoms with Gasteiger partial charge in [0.15, 0.2) is 5.78 Å². The van der Waals surface area contributed by atoms with Gasteiger partial charge in [-0.15, -0.1) is 0 Å². The van der Waals surface area contributed by atoms with E-state index < -0.39 is 0 Å². The number of carbonyl (C=O) groups excluding carboxylic acids is 1. The van der Waals surface area contributed by atoms with E-state index in [0.29, 0.717) is 0 Å². The molecule has 18 heavy (non-hydrogen) atoms. The van der Waals surface area contributed by atoms with E-state index in [1.54, 1.807) is 0 Å². The van der Waals surface area contributed by atoms with Gasteiger partial charge in [0.2, 0.25) is 0 Å². The third-order valence-corrected chi connectivity index (χ3v) is 3.12. The highest BCUT2D eigenvalue weighted by Gasteiger charge is 2.11. The van der Waals surface area contributed by atoms with Crippen molar-refractivity contribution in [2.24, 2.45) is 0 Å². The highest BCUT2D eigenvalue weighted by molar-refractivity contribution is 6.09. The van der Waals surface area contributed by atoms with Gasteiger partial charge in [-0.2, -0.15) is 0 Å². The van der Waals surface area contributed by atoms with Crippen LogP contribution in [0.5, 0.6) is 0 Å². The minimum Gasteiger partial charge on any atom is -0.289 e. The lowest BCUT2D eigenvalue weighted by atomic mass is 9.97. The number of carbonyl (C=O) groups is 1. The van der Waals surface area contributed by atoms with Gasteiger partial charge in [-0.1, -0.05) is 55.8 Å². The van der Waals surface area contributed by atoms with E-state index in [0.717, 1.165) is 29.5 Å². The molecule has 0 fully saturated rings. The molecule has 0 aromatic heterocycles. The van der Waals surface area contributed by atoms with Crippen LogP contribution in [0.1, 0.15) is 40.4 Å². The first-order valence-corrected chi connectivity index (χ1v) is 6.41. The minimum atomic E-state index is 0.117. The predicted molar refractivity (Wildman–Crippen MR) is 75.0 cm³/mol. The van der Waals surface area contributed by atoms with Crippen LogP contribution in [0.15, 0.2) is 48.5 Å². The zero-order chi connectivity index (χ0) is 13.0. The maximum absolute atomic E-state index is 12.4. The molecule has 0 heterocycles. The quantitative estimate of drug-likeness (QED) is 0.730. The lowest BCUT2D eigenvalue weighted by Gasteiger charge is -2.06. The molecule has 0 saturated heterocycles.